The van der Waals surface area contributed by atoms with E-state index in [1.165, 1.54) is 30.4 Å². The van der Waals surface area contributed by atoms with Gasteiger partial charge in [-0.1, -0.05) is 29.9 Å². The van der Waals surface area contributed by atoms with Gasteiger partial charge in [-0.2, -0.15) is 5.90 Å². The van der Waals surface area contributed by atoms with Crippen LogP contribution in [0.1, 0.15) is 35.3 Å². The van der Waals surface area contributed by atoms with Gasteiger partial charge in [-0.15, -0.1) is 0 Å². The summed E-state index contributed by atoms with van der Waals surface area (Å²) in [5.41, 5.74) is 1.78. The second-order valence-corrected chi connectivity index (χ2v) is 5.99. The molecule has 0 fully saturated rings. The minimum absolute atomic E-state index is 0.118. The van der Waals surface area contributed by atoms with Crippen LogP contribution in [0.3, 0.4) is 0 Å². The lowest BCUT2D eigenvalue weighted by Crippen LogP contribution is -2.09. The van der Waals surface area contributed by atoms with E-state index in [9.17, 15) is 20.1 Å². The SMILES string of the molecule is CC(C)=CCc1c(O)cc(ON)c(C(=O)C=Cc2ccc(O)cc2)c1O. The highest BCUT2D eigenvalue weighted by atomic mass is 16.6. The lowest BCUT2D eigenvalue weighted by atomic mass is 9.99. The van der Waals surface area contributed by atoms with Crippen molar-refractivity contribution in [2.45, 2.75) is 20.3 Å². The standard InChI is InChI=1S/C20H21NO5/c1-12(2)3-9-15-17(24)11-18(26-21)19(20(15)25)16(23)10-6-13-4-7-14(22)8-5-13/h3-8,10-11,22,24-25H,9,21H2,1-2H3. The summed E-state index contributed by atoms with van der Waals surface area (Å²) in [5, 5.41) is 29.8. The van der Waals surface area contributed by atoms with Crippen LogP contribution in [0.15, 0.2) is 48.1 Å². The molecule has 6 nitrogen and oxygen atoms in total. The van der Waals surface area contributed by atoms with Crippen LogP contribution < -0.4 is 10.7 Å². The van der Waals surface area contributed by atoms with Crippen LogP contribution in [0.5, 0.6) is 23.0 Å². The maximum Gasteiger partial charge on any atom is 0.193 e. The Kier molecular flexibility index (Phi) is 6.03. The molecule has 0 amide bonds. The summed E-state index contributed by atoms with van der Waals surface area (Å²) in [7, 11) is 0. The number of ketones is 1. The zero-order chi connectivity index (χ0) is 19.3. The maximum atomic E-state index is 12.6. The van der Waals surface area contributed by atoms with Gasteiger partial charge in [-0.3, -0.25) is 4.79 Å². The molecule has 0 unspecified atom stereocenters. The lowest BCUT2D eigenvalue weighted by Gasteiger charge is -2.13. The third-order valence-electron chi connectivity index (χ3n) is 3.75. The zero-order valence-electron chi connectivity index (χ0n) is 14.6. The van der Waals surface area contributed by atoms with Crippen LogP contribution in [-0.2, 0) is 6.42 Å². The molecule has 26 heavy (non-hydrogen) atoms. The Bertz CT molecular complexity index is 863. The first kappa shape index (κ1) is 19.1. The predicted molar refractivity (Wildman–Crippen MR) is 99.2 cm³/mol. The number of hydrogen-bond donors (Lipinski definition) is 4. The predicted octanol–water partition coefficient (Wildman–Crippen LogP) is 3.46. The summed E-state index contributed by atoms with van der Waals surface area (Å²) in [4.78, 5) is 17.2. The summed E-state index contributed by atoms with van der Waals surface area (Å²) < 4.78 is 0. The molecule has 0 atom stereocenters. The van der Waals surface area contributed by atoms with Gasteiger partial charge in [0.25, 0.3) is 0 Å². The molecule has 2 rings (SSSR count). The Morgan fingerprint density at radius 2 is 1.81 bits per heavy atom. The molecule has 0 aromatic heterocycles. The van der Waals surface area contributed by atoms with Gasteiger partial charge in [-0.25, -0.2) is 0 Å². The molecule has 6 heteroatoms. The Labute approximate surface area is 151 Å². The molecule has 136 valence electrons. The first-order chi connectivity index (χ1) is 12.3. The molecular formula is C20H21NO5. The van der Waals surface area contributed by atoms with Crippen LogP contribution in [-0.4, -0.2) is 21.1 Å². The third kappa shape index (κ3) is 4.43. The Hall–Kier alpha value is -3.25. The van der Waals surface area contributed by atoms with Crippen LogP contribution in [0.4, 0.5) is 0 Å². The van der Waals surface area contributed by atoms with E-state index in [1.54, 1.807) is 12.1 Å². The van der Waals surface area contributed by atoms with E-state index in [-0.39, 0.29) is 40.5 Å². The van der Waals surface area contributed by atoms with Gasteiger partial charge in [0.1, 0.15) is 22.8 Å². The second-order valence-electron chi connectivity index (χ2n) is 5.99. The summed E-state index contributed by atoms with van der Waals surface area (Å²) in [6.45, 7) is 3.77. The molecule has 0 radical (unpaired) electrons. The van der Waals surface area contributed by atoms with Crippen LogP contribution in [0.25, 0.3) is 6.08 Å². The van der Waals surface area contributed by atoms with Gasteiger partial charge in [0.05, 0.1) is 0 Å². The minimum Gasteiger partial charge on any atom is -0.508 e. The van der Waals surface area contributed by atoms with Crippen LogP contribution >= 0.6 is 0 Å². The van der Waals surface area contributed by atoms with Gasteiger partial charge >= 0.3 is 0 Å². The fourth-order valence-corrected chi connectivity index (χ4v) is 2.35. The molecule has 5 N–H and O–H groups in total. The molecular weight excluding hydrogens is 334 g/mol. The molecule has 2 aromatic rings. The Balaban J connectivity index is 2.42. The van der Waals surface area contributed by atoms with Gasteiger partial charge in [0, 0.05) is 11.6 Å². The lowest BCUT2D eigenvalue weighted by molar-refractivity contribution is 0.104. The monoisotopic (exact) mass is 355 g/mol. The van der Waals surface area contributed by atoms with E-state index >= 15 is 0 Å². The van der Waals surface area contributed by atoms with Crippen molar-refractivity contribution in [2.24, 2.45) is 5.90 Å². The Morgan fingerprint density at radius 1 is 1.15 bits per heavy atom. The fraction of sp³-hybridized carbons (Fsp3) is 0.150. The highest BCUT2D eigenvalue weighted by molar-refractivity contribution is 6.11. The number of carbonyl (C=O) groups excluding carboxylic acids is 1. The summed E-state index contributed by atoms with van der Waals surface area (Å²) >= 11 is 0. The smallest absolute Gasteiger partial charge is 0.193 e. The highest BCUT2D eigenvalue weighted by Gasteiger charge is 2.22. The van der Waals surface area contributed by atoms with Gasteiger partial charge in [-0.05, 0) is 44.0 Å². The average Bonchev–Trinajstić information content (AvgIpc) is 2.60. The molecule has 0 bridgehead atoms. The number of phenols is 3. The second kappa shape index (κ2) is 8.22. The molecule has 0 aliphatic carbocycles. The van der Waals surface area contributed by atoms with Gasteiger partial charge in [0.15, 0.2) is 11.5 Å². The fourth-order valence-electron chi connectivity index (χ4n) is 2.35. The minimum atomic E-state index is -0.533. The molecule has 0 aliphatic heterocycles. The first-order valence-electron chi connectivity index (χ1n) is 7.92. The molecule has 0 saturated carbocycles. The Morgan fingerprint density at radius 3 is 2.38 bits per heavy atom. The largest absolute Gasteiger partial charge is 0.508 e. The number of nitrogens with two attached hydrogens (primary N) is 1. The van der Waals surface area contributed by atoms with E-state index in [0.29, 0.717) is 5.56 Å². The van der Waals surface area contributed by atoms with Gasteiger partial charge < -0.3 is 20.2 Å². The van der Waals surface area contributed by atoms with E-state index in [2.05, 4.69) is 4.84 Å². The maximum absolute atomic E-state index is 12.6. The summed E-state index contributed by atoms with van der Waals surface area (Å²) in [6, 6.07) is 7.46. The molecule has 0 saturated heterocycles. The number of rotatable bonds is 6. The van der Waals surface area contributed by atoms with Gasteiger partial charge in [0.2, 0.25) is 0 Å². The molecule has 0 heterocycles. The topological polar surface area (TPSA) is 113 Å². The first-order valence-corrected chi connectivity index (χ1v) is 7.92. The number of carbonyl (C=O) groups is 1. The van der Waals surface area contributed by atoms with Crippen LogP contribution in [0.2, 0.25) is 0 Å². The highest BCUT2D eigenvalue weighted by Crippen LogP contribution is 2.38. The third-order valence-corrected chi connectivity index (χ3v) is 3.75. The molecule has 2 aromatic carbocycles. The molecule has 0 spiro atoms. The number of benzene rings is 2. The van der Waals surface area contributed by atoms with E-state index in [4.69, 9.17) is 5.90 Å². The zero-order valence-corrected chi connectivity index (χ0v) is 14.6. The van der Waals surface area contributed by atoms with E-state index in [0.717, 1.165) is 5.57 Å². The summed E-state index contributed by atoms with van der Waals surface area (Å²) in [6.07, 6.45) is 4.86. The van der Waals surface area contributed by atoms with Crippen molar-refractivity contribution >= 4 is 11.9 Å². The van der Waals surface area contributed by atoms with Crippen molar-refractivity contribution in [1.82, 2.24) is 0 Å². The van der Waals surface area contributed by atoms with Crippen LogP contribution in [0, 0.1) is 0 Å². The number of phenolic OH excluding ortho intramolecular Hbond substituents is 3. The van der Waals surface area contributed by atoms with Crippen molar-refractivity contribution in [1.29, 1.82) is 0 Å². The summed E-state index contributed by atoms with van der Waals surface area (Å²) in [5.74, 6) is 4.06. The van der Waals surface area contributed by atoms with E-state index < -0.39 is 5.78 Å². The number of allylic oxidation sites excluding steroid dienone is 3. The van der Waals surface area contributed by atoms with E-state index in [1.807, 2.05) is 19.9 Å². The van der Waals surface area contributed by atoms with Crippen molar-refractivity contribution in [2.75, 3.05) is 0 Å². The van der Waals surface area contributed by atoms with Crippen molar-refractivity contribution in [3.63, 3.8) is 0 Å². The van der Waals surface area contributed by atoms with Crippen molar-refractivity contribution in [3.05, 3.63) is 64.7 Å². The van der Waals surface area contributed by atoms with Crippen molar-refractivity contribution < 1.29 is 25.0 Å². The number of aromatic hydroxyl groups is 3. The quantitative estimate of drug-likeness (QED) is 0.273. The van der Waals surface area contributed by atoms with Crippen molar-refractivity contribution in [3.8, 4) is 23.0 Å². The normalized spacial score (nSPS) is 10.7. The molecule has 0 aliphatic rings. The number of hydrogen-bond acceptors (Lipinski definition) is 6. The average molecular weight is 355 g/mol.